The Balaban J connectivity index is 0.793. The van der Waals surface area contributed by atoms with E-state index in [4.69, 9.17) is 18.9 Å². The first-order valence-corrected chi connectivity index (χ1v) is 29.5. The van der Waals surface area contributed by atoms with E-state index in [0.29, 0.717) is 0 Å². The van der Waals surface area contributed by atoms with Crippen molar-refractivity contribution in [2.45, 2.75) is 27.2 Å². The van der Waals surface area contributed by atoms with E-state index < -0.39 is 0 Å². The fourth-order valence-corrected chi connectivity index (χ4v) is 11.5. The summed E-state index contributed by atoms with van der Waals surface area (Å²) in [6, 6.07) is 94.7. The van der Waals surface area contributed by atoms with Crippen LogP contribution in [0.1, 0.15) is 30.0 Å². The van der Waals surface area contributed by atoms with Crippen LogP contribution in [0.15, 0.2) is 285 Å². The molecule has 0 saturated carbocycles. The smallest absolute Gasteiger partial charge is 0.119 e. The number of benzene rings is 11. The molecule has 0 spiro atoms. The summed E-state index contributed by atoms with van der Waals surface area (Å²) in [6.45, 7) is 6.57. The van der Waals surface area contributed by atoms with Gasteiger partial charge >= 0.3 is 0 Å². The van der Waals surface area contributed by atoms with Crippen LogP contribution >= 0.6 is 0 Å². The van der Waals surface area contributed by atoms with E-state index in [1.54, 1.807) is 28.4 Å². The normalized spacial score (nSPS) is 12.7. The SMILES string of the molecule is COc1ccc(N(C2=CC=C(c3ccc(N(c4ccc(OC)cc4)c4ccc(-c5ccc(N(c6ccc(OC)cc6)c6ccc(-c7ccc(N(c8ccc(C)cc8)c8ccc(OC)cc8)cc7)cc6)cc5)cc4)cc3)CC2C)c2ccc(C)cc2)cc1. The molecule has 1 atom stereocenters. The summed E-state index contributed by atoms with van der Waals surface area (Å²) in [5.41, 5.74) is 22.4. The highest BCUT2D eigenvalue weighted by molar-refractivity contribution is 5.84. The molecule has 0 aromatic heterocycles. The fraction of sp³-hybridized carbons (Fsp3) is 0.114. The van der Waals surface area contributed by atoms with E-state index in [1.165, 1.54) is 28.0 Å². The summed E-state index contributed by atoms with van der Waals surface area (Å²) in [5, 5.41) is 0. The third-order valence-corrected chi connectivity index (χ3v) is 16.3. The Hall–Kier alpha value is -10.7. The Morgan fingerprint density at radius 3 is 0.690 bits per heavy atom. The van der Waals surface area contributed by atoms with Crippen LogP contribution in [0.3, 0.4) is 0 Å². The maximum absolute atomic E-state index is 5.60. The lowest BCUT2D eigenvalue weighted by atomic mass is 9.87. The summed E-state index contributed by atoms with van der Waals surface area (Å²) >= 11 is 0. The molecule has 0 N–H and O–H groups in total. The lowest BCUT2D eigenvalue weighted by molar-refractivity contribution is 0.414. The molecule has 0 heterocycles. The van der Waals surface area contributed by atoms with Crippen LogP contribution in [0, 0.1) is 19.8 Å². The van der Waals surface area contributed by atoms with Gasteiger partial charge in [0.15, 0.2) is 0 Å². The van der Waals surface area contributed by atoms with E-state index in [0.717, 1.165) is 114 Å². The van der Waals surface area contributed by atoms with Gasteiger partial charge in [-0.05, 0) is 242 Å². The van der Waals surface area contributed by atoms with Gasteiger partial charge in [-0.1, -0.05) is 109 Å². The number of aryl methyl sites for hydroxylation is 2. The second-order valence-electron chi connectivity index (χ2n) is 21.9. The zero-order valence-electron chi connectivity index (χ0n) is 50.3. The van der Waals surface area contributed by atoms with Crippen LogP contribution in [-0.4, -0.2) is 28.4 Å². The van der Waals surface area contributed by atoms with Gasteiger partial charge in [0.1, 0.15) is 23.0 Å². The van der Waals surface area contributed by atoms with Crippen molar-refractivity contribution in [3.63, 3.8) is 0 Å². The van der Waals surface area contributed by atoms with Gasteiger partial charge in [0.25, 0.3) is 0 Å². The molecule has 11 aromatic carbocycles. The number of rotatable bonds is 19. The Bertz CT molecular complexity index is 4130. The van der Waals surface area contributed by atoms with E-state index in [-0.39, 0.29) is 5.92 Å². The van der Waals surface area contributed by atoms with Crippen LogP contribution in [0.2, 0.25) is 0 Å². The summed E-state index contributed by atoms with van der Waals surface area (Å²) in [6.07, 6.45) is 5.49. The largest absolute Gasteiger partial charge is 0.497 e. The van der Waals surface area contributed by atoms with Crippen LogP contribution in [0.4, 0.5) is 62.6 Å². The van der Waals surface area contributed by atoms with Crippen molar-refractivity contribution in [3.05, 3.63) is 301 Å². The van der Waals surface area contributed by atoms with Gasteiger partial charge in [0, 0.05) is 74.2 Å². The quantitative estimate of drug-likeness (QED) is 0.0794. The van der Waals surface area contributed by atoms with Gasteiger partial charge in [-0.3, -0.25) is 0 Å². The average molecular weight is 1140 g/mol. The molecular weight excluding hydrogens is 1070 g/mol. The summed E-state index contributed by atoms with van der Waals surface area (Å²) < 4.78 is 22.2. The fourth-order valence-electron chi connectivity index (χ4n) is 11.5. The molecular formula is C79H70N4O4. The third kappa shape index (κ3) is 12.4. The van der Waals surface area contributed by atoms with Gasteiger partial charge in [-0.2, -0.15) is 0 Å². The molecule has 1 unspecified atom stereocenters. The monoisotopic (exact) mass is 1140 g/mol. The highest BCUT2D eigenvalue weighted by atomic mass is 16.5. The number of ether oxygens (including phenoxy) is 4. The lowest BCUT2D eigenvalue weighted by Crippen LogP contribution is -2.23. The second kappa shape index (κ2) is 25.7. The maximum Gasteiger partial charge on any atom is 0.119 e. The highest BCUT2D eigenvalue weighted by Crippen LogP contribution is 2.44. The summed E-state index contributed by atoms with van der Waals surface area (Å²) in [5.74, 6) is 3.53. The maximum atomic E-state index is 5.60. The predicted molar refractivity (Wildman–Crippen MR) is 362 cm³/mol. The number of hydrogen-bond acceptors (Lipinski definition) is 8. The molecule has 0 fully saturated rings. The molecule has 0 saturated heterocycles. The minimum absolute atomic E-state index is 0.260. The van der Waals surface area contributed by atoms with Crippen molar-refractivity contribution in [3.8, 4) is 45.3 Å². The van der Waals surface area contributed by atoms with Crippen molar-refractivity contribution in [1.82, 2.24) is 0 Å². The molecule has 1 aliphatic rings. The Kier molecular flexibility index (Phi) is 16.7. The number of nitrogens with zero attached hydrogens (tertiary/aromatic N) is 4. The molecule has 8 heteroatoms. The first-order valence-electron chi connectivity index (χ1n) is 29.5. The molecule has 87 heavy (non-hydrogen) atoms. The van der Waals surface area contributed by atoms with Crippen molar-refractivity contribution < 1.29 is 18.9 Å². The zero-order valence-corrected chi connectivity index (χ0v) is 50.3. The van der Waals surface area contributed by atoms with Crippen LogP contribution in [0.5, 0.6) is 23.0 Å². The van der Waals surface area contributed by atoms with E-state index in [9.17, 15) is 0 Å². The molecule has 8 nitrogen and oxygen atoms in total. The number of hydrogen-bond donors (Lipinski definition) is 0. The lowest BCUT2D eigenvalue weighted by Gasteiger charge is -2.34. The van der Waals surface area contributed by atoms with Gasteiger partial charge in [0.05, 0.1) is 28.4 Å². The van der Waals surface area contributed by atoms with Crippen molar-refractivity contribution in [2.24, 2.45) is 5.92 Å². The van der Waals surface area contributed by atoms with Crippen molar-refractivity contribution in [1.29, 1.82) is 0 Å². The van der Waals surface area contributed by atoms with Crippen molar-refractivity contribution >= 4 is 68.1 Å². The zero-order chi connectivity index (χ0) is 59.8. The minimum atomic E-state index is 0.260. The first kappa shape index (κ1) is 56.8. The second-order valence-corrected chi connectivity index (χ2v) is 21.9. The molecule has 0 aliphatic heterocycles. The predicted octanol–water partition coefficient (Wildman–Crippen LogP) is 21.2. The number of methoxy groups -OCH3 is 4. The Morgan fingerprint density at radius 2 is 0.460 bits per heavy atom. The molecule has 12 rings (SSSR count). The first-order chi connectivity index (χ1) is 42.6. The Morgan fingerprint density at radius 1 is 0.253 bits per heavy atom. The molecule has 0 bridgehead atoms. The van der Waals surface area contributed by atoms with Crippen LogP contribution in [-0.2, 0) is 0 Å². The van der Waals surface area contributed by atoms with Gasteiger partial charge in [-0.15, -0.1) is 0 Å². The molecule has 0 radical (unpaired) electrons. The van der Waals surface area contributed by atoms with E-state index in [2.05, 4.69) is 271 Å². The van der Waals surface area contributed by atoms with Gasteiger partial charge in [0.2, 0.25) is 0 Å². The minimum Gasteiger partial charge on any atom is -0.497 e. The molecule has 1 aliphatic carbocycles. The third-order valence-electron chi connectivity index (χ3n) is 16.3. The van der Waals surface area contributed by atoms with Crippen LogP contribution < -0.4 is 38.5 Å². The number of anilines is 11. The Labute approximate surface area is 512 Å². The molecule has 11 aromatic rings. The standard InChI is InChI=1S/C79H70N4O4/c1-55-8-23-64(24-9-55)80(70-37-45-75(84-4)46-38-70)65-27-12-58(13-28-65)59-14-29-66(30-15-59)81(71-39-47-76(85-5)48-40-71)67-31-16-60(17-32-67)61-18-33-68(34-19-61)82(72-41-49-77(86-6)50-42-72)69-35-20-62(21-36-69)63-22-53-79(57(3)54-63)83(73-25-10-56(2)11-26-73)74-43-51-78(87-7)52-44-74/h8-53,57H,54H2,1-7H3. The summed E-state index contributed by atoms with van der Waals surface area (Å²) in [7, 11) is 6.81. The number of allylic oxidation sites excluding steroid dienone is 4. The van der Waals surface area contributed by atoms with Gasteiger partial charge in [-0.25, -0.2) is 0 Å². The van der Waals surface area contributed by atoms with Gasteiger partial charge < -0.3 is 38.5 Å². The summed E-state index contributed by atoms with van der Waals surface area (Å²) in [4.78, 5) is 9.23. The highest BCUT2D eigenvalue weighted by Gasteiger charge is 2.25. The van der Waals surface area contributed by atoms with E-state index in [1.807, 2.05) is 48.5 Å². The molecule has 430 valence electrons. The van der Waals surface area contributed by atoms with Crippen molar-refractivity contribution in [2.75, 3.05) is 48.0 Å². The average Bonchev–Trinajstić information content (AvgIpc) is 2.43. The topological polar surface area (TPSA) is 49.9 Å². The van der Waals surface area contributed by atoms with E-state index >= 15 is 0 Å². The molecule has 0 amide bonds. The van der Waals surface area contributed by atoms with Crippen LogP contribution in [0.25, 0.3) is 27.8 Å².